The Balaban J connectivity index is 1.48. The number of allylic oxidation sites excluding steroid dienone is 1. The van der Waals surface area contributed by atoms with Crippen LogP contribution >= 0.6 is 0 Å². The maximum atomic E-state index is 14.9. The predicted molar refractivity (Wildman–Crippen MR) is 130 cm³/mol. The van der Waals surface area contributed by atoms with Gasteiger partial charge in [-0.3, -0.25) is 4.79 Å². The predicted octanol–water partition coefficient (Wildman–Crippen LogP) is 5.18. The molecule has 3 aromatic rings. The summed E-state index contributed by atoms with van der Waals surface area (Å²) in [6.07, 6.45) is 8.86. The molecule has 0 fully saturated rings. The lowest BCUT2D eigenvalue weighted by Gasteiger charge is -2.32. The Labute approximate surface area is 201 Å². The quantitative estimate of drug-likeness (QED) is 0.535. The Morgan fingerprint density at radius 2 is 1.94 bits per heavy atom. The standard InChI is InChI=1S/C27H24F2N4O2/c1-17-20(27(35)31-23-5-2-3-6-24(23)34)16-32(26-22(29)12-11-21(28)25(17)26)15-18-7-9-19(10-8-18)33-14-4-13-30-33/h4,6-14,16,23,34H,1-3,5,15H2,(H,31,35)/t23-/m0/s1. The van der Waals surface area contributed by atoms with Gasteiger partial charge < -0.3 is 15.3 Å². The molecule has 0 saturated carbocycles. The van der Waals surface area contributed by atoms with Gasteiger partial charge in [0.05, 0.1) is 23.0 Å². The van der Waals surface area contributed by atoms with Crippen LogP contribution in [0.4, 0.5) is 14.5 Å². The minimum atomic E-state index is -0.663. The molecule has 2 aliphatic rings. The van der Waals surface area contributed by atoms with Gasteiger partial charge in [0.1, 0.15) is 17.4 Å². The van der Waals surface area contributed by atoms with Gasteiger partial charge in [0.2, 0.25) is 0 Å². The lowest BCUT2D eigenvalue weighted by molar-refractivity contribution is -0.117. The molecule has 1 amide bonds. The molecule has 0 unspecified atom stereocenters. The van der Waals surface area contributed by atoms with Crippen molar-refractivity contribution in [3.05, 3.63) is 108 Å². The highest BCUT2D eigenvalue weighted by molar-refractivity contribution is 6.11. The number of aliphatic hydroxyl groups is 1. The van der Waals surface area contributed by atoms with Crippen molar-refractivity contribution in [3.63, 3.8) is 0 Å². The summed E-state index contributed by atoms with van der Waals surface area (Å²) in [5, 5.41) is 17.1. The zero-order valence-electron chi connectivity index (χ0n) is 18.9. The second-order valence-electron chi connectivity index (χ2n) is 8.61. The number of aromatic nitrogens is 2. The molecule has 6 nitrogen and oxygen atoms in total. The maximum Gasteiger partial charge on any atom is 0.253 e. The Kier molecular flexibility index (Phi) is 5.94. The number of hydrogen-bond donors (Lipinski definition) is 2. The molecular weight excluding hydrogens is 450 g/mol. The zero-order chi connectivity index (χ0) is 24.5. The molecule has 1 aromatic heterocycles. The van der Waals surface area contributed by atoms with Gasteiger partial charge in [-0.05, 0) is 66.8 Å². The van der Waals surface area contributed by atoms with E-state index in [-0.39, 0.29) is 34.7 Å². The topological polar surface area (TPSA) is 70.4 Å². The Morgan fingerprint density at radius 3 is 2.66 bits per heavy atom. The van der Waals surface area contributed by atoms with Crippen LogP contribution in [0.15, 0.2) is 85.0 Å². The number of anilines is 1. The fourth-order valence-corrected chi connectivity index (χ4v) is 4.48. The van der Waals surface area contributed by atoms with E-state index in [2.05, 4.69) is 17.0 Å². The van der Waals surface area contributed by atoms with E-state index >= 15 is 0 Å². The van der Waals surface area contributed by atoms with Gasteiger partial charge in [-0.15, -0.1) is 0 Å². The van der Waals surface area contributed by atoms with E-state index in [0.29, 0.717) is 6.42 Å². The molecule has 1 aliphatic heterocycles. The molecule has 0 saturated heterocycles. The van der Waals surface area contributed by atoms with Crippen molar-refractivity contribution >= 4 is 17.2 Å². The van der Waals surface area contributed by atoms with E-state index in [1.807, 2.05) is 36.5 Å². The minimum Gasteiger partial charge on any atom is -0.510 e. The van der Waals surface area contributed by atoms with Crippen LogP contribution in [0, 0.1) is 11.6 Å². The van der Waals surface area contributed by atoms with Gasteiger partial charge in [0.25, 0.3) is 5.91 Å². The summed E-state index contributed by atoms with van der Waals surface area (Å²) in [6.45, 7) is 4.10. The van der Waals surface area contributed by atoms with Crippen molar-refractivity contribution < 1.29 is 18.7 Å². The normalized spacial score (nSPS) is 17.5. The third-order valence-corrected chi connectivity index (χ3v) is 6.29. The largest absolute Gasteiger partial charge is 0.510 e. The van der Waals surface area contributed by atoms with Gasteiger partial charge >= 0.3 is 0 Å². The average Bonchev–Trinajstić information content (AvgIpc) is 3.39. The molecule has 0 radical (unpaired) electrons. The van der Waals surface area contributed by atoms with Gasteiger partial charge in [0.15, 0.2) is 0 Å². The van der Waals surface area contributed by atoms with Crippen LogP contribution in [0.25, 0.3) is 11.3 Å². The lowest BCUT2D eigenvalue weighted by atomic mass is 9.92. The molecule has 8 heteroatoms. The summed E-state index contributed by atoms with van der Waals surface area (Å²) < 4.78 is 31.6. The summed E-state index contributed by atoms with van der Waals surface area (Å²) in [4.78, 5) is 14.7. The number of benzene rings is 2. The van der Waals surface area contributed by atoms with Crippen LogP contribution < -0.4 is 10.2 Å². The first-order chi connectivity index (χ1) is 16.9. The van der Waals surface area contributed by atoms with Gasteiger partial charge in [0, 0.05) is 30.7 Å². The first kappa shape index (κ1) is 22.6. The third-order valence-electron chi connectivity index (χ3n) is 6.29. The molecule has 0 spiro atoms. The Hall–Kier alpha value is -4.20. The van der Waals surface area contributed by atoms with Crippen molar-refractivity contribution in [1.29, 1.82) is 0 Å². The summed E-state index contributed by atoms with van der Waals surface area (Å²) in [5.74, 6) is -1.67. The van der Waals surface area contributed by atoms with Crippen LogP contribution in [-0.2, 0) is 11.3 Å². The number of nitrogens with zero attached hydrogens (tertiary/aromatic N) is 3. The van der Waals surface area contributed by atoms with E-state index in [9.17, 15) is 18.7 Å². The Morgan fingerprint density at radius 1 is 1.17 bits per heavy atom. The molecule has 2 heterocycles. The highest BCUT2D eigenvalue weighted by Crippen LogP contribution is 2.40. The van der Waals surface area contributed by atoms with Crippen LogP contribution in [-0.4, -0.2) is 26.8 Å². The molecule has 35 heavy (non-hydrogen) atoms. The summed E-state index contributed by atoms with van der Waals surface area (Å²) in [5.41, 5.74) is 1.89. The number of halogens is 2. The van der Waals surface area contributed by atoms with Crippen molar-refractivity contribution in [3.8, 4) is 5.69 Å². The molecule has 1 atom stereocenters. The molecule has 1 aliphatic carbocycles. The van der Waals surface area contributed by atoms with Crippen molar-refractivity contribution in [2.45, 2.75) is 31.8 Å². The highest BCUT2D eigenvalue weighted by atomic mass is 19.1. The first-order valence-corrected chi connectivity index (χ1v) is 11.4. The third kappa shape index (κ3) is 4.35. The van der Waals surface area contributed by atoms with E-state index in [0.717, 1.165) is 36.2 Å². The van der Waals surface area contributed by atoms with Crippen LogP contribution in [0.1, 0.15) is 30.4 Å². The zero-order valence-corrected chi connectivity index (χ0v) is 18.9. The molecular formula is C27H24F2N4O2. The Bertz CT molecular complexity index is 1340. The maximum absolute atomic E-state index is 14.9. The van der Waals surface area contributed by atoms with E-state index < -0.39 is 23.6 Å². The molecule has 0 bridgehead atoms. The lowest BCUT2D eigenvalue weighted by Crippen LogP contribution is -2.39. The second kappa shape index (κ2) is 9.21. The fourth-order valence-electron chi connectivity index (χ4n) is 4.48. The molecule has 2 N–H and O–H groups in total. The SMILES string of the molecule is C=C1C(C(=O)N[C@H]2CCCC=C2O)=CN(Cc2ccc(-n3cccn3)cc2)c2c(F)ccc(F)c21. The average molecular weight is 475 g/mol. The number of carbonyl (C=O) groups is 1. The fraction of sp³-hybridized carbons (Fsp3) is 0.185. The smallest absolute Gasteiger partial charge is 0.253 e. The number of hydrogen-bond acceptors (Lipinski definition) is 4. The molecule has 2 aromatic carbocycles. The van der Waals surface area contributed by atoms with Crippen LogP contribution in [0.2, 0.25) is 0 Å². The van der Waals surface area contributed by atoms with Crippen molar-refractivity contribution in [2.24, 2.45) is 0 Å². The van der Waals surface area contributed by atoms with E-state index in [4.69, 9.17) is 0 Å². The number of amides is 1. The molecule has 5 rings (SSSR count). The van der Waals surface area contributed by atoms with Gasteiger partial charge in [-0.1, -0.05) is 18.7 Å². The first-order valence-electron chi connectivity index (χ1n) is 11.4. The van der Waals surface area contributed by atoms with Crippen LogP contribution in [0.5, 0.6) is 0 Å². The van der Waals surface area contributed by atoms with Gasteiger partial charge in [-0.25, -0.2) is 13.5 Å². The summed E-state index contributed by atoms with van der Waals surface area (Å²) in [7, 11) is 0. The summed E-state index contributed by atoms with van der Waals surface area (Å²) >= 11 is 0. The second-order valence-corrected chi connectivity index (χ2v) is 8.61. The minimum absolute atomic E-state index is 0.0307. The number of aliphatic hydroxyl groups excluding tert-OH is 1. The summed E-state index contributed by atoms with van der Waals surface area (Å²) in [6, 6.07) is 10.9. The van der Waals surface area contributed by atoms with E-state index in [1.165, 1.54) is 11.1 Å². The molecule has 178 valence electrons. The van der Waals surface area contributed by atoms with Crippen molar-refractivity contribution in [1.82, 2.24) is 15.1 Å². The monoisotopic (exact) mass is 474 g/mol. The highest BCUT2D eigenvalue weighted by Gasteiger charge is 2.31. The van der Waals surface area contributed by atoms with Crippen LogP contribution in [0.3, 0.4) is 0 Å². The number of carbonyl (C=O) groups excluding carboxylic acids is 1. The van der Waals surface area contributed by atoms with Gasteiger partial charge in [-0.2, -0.15) is 5.10 Å². The van der Waals surface area contributed by atoms with E-state index in [1.54, 1.807) is 17.0 Å². The number of fused-ring (bicyclic) bond motifs is 1. The van der Waals surface area contributed by atoms with Crippen molar-refractivity contribution in [2.75, 3.05) is 4.90 Å². The number of rotatable bonds is 5. The number of nitrogens with one attached hydrogen (secondary N) is 1.